The number of hydrogen-bond donors (Lipinski definition) is 1. The largest absolute Gasteiger partial charge is 0.490 e. The first-order valence-electron chi connectivity index (χ1n) is 8.79. The van der Waals surface area contributed by atoms with E-state index in [0.717, 1.165) is 31.7 Å². The van der Waals surface area contributed by atoms with Crippen molar-refractivity contribution in [2.45, 2.75) is 33.0 Å². The maximum atomic E-state index is 12.3. The Morgan fingerprint density at radius 2 is 2.00 bits per heavy atom. The minimum atomic E-state index is -4.36. The predicted molar refractivity (Wildman–Crippen MR) is 91.1 cm³/mol. The van der Waals surface area contributed by atoms with Gasteiger partial charge in [-0.25, -0.2) is 0 Å². The van der Waals surface area contributed by atoms with Crippen LogP contribution in [-0.2, 0) is 6.54 Å². The molecule has 1 aromatic carbocycles. The normalized spacial score (nSPS) is 18.5. The molecule has 1 N–H and O–H groups in total. The summed E-state index contributed by atoms with van der Waals surface area (Å²) in [6.45, 7) is 7.98. The molecule has 1 aliphatic heterocycles. The summed E-state index contributed by atoms with van der Waals surface area (Å²) in [7, 11) is 0. The highest BCUT2D eigenvalue weighted by molar-refractivity contribution is 5.43. The van der Waals surface area contributed by atoms with Crippen LogP contribution in [0.4, 0.5) is 13.2 Å². The molecule has 7 heteroatoms. The van der Waals surface area contributed by atoms with Gasteiger partial charge in [0.05, 0.1) is 6.61 Å². The molecule has 1 fully saturated rings. The summed E-state index contributed by atoms with van der Waals surface area (Å²) in [5.41, 5.74) is 0.966. The van der Waals surface area contributed by atoms with Crippen molar-refractivity contribution in [2.75, 3.05) is 39.4 Å². The van der Waals surface area contributed by atoms with Crippen molar-refractivity contribution < 1.29 is 22.6 Å². The van der Waals surface area contributed by atoms with Gasteiger partial charge in [-0.15, -0.1) is 0 Å². The second-order valence-corrected chi connectivity index (χ2v) is 6.30. The number of halogens is 3. The van der Waals surface area contributed by atoms with Crippen molar-refractivity contribution in [1.82, 2.24) is 10.2 Å². The fraction of sp³-hybridized carbons (Fsp3) is 0.667. The van der Waals surface area contributed by atoms with Gasteiger partial charge < -0.3 is 19.7 Å². The van der Waals surface area contributed by atoms with E-state index >= 15 is 0 Å². The topological polar surface area (TPSA) is 33.7 Å². The van der Waals surface area contributed by atoms with Crippen molar-refractivity contribution >= 4 is 0 Å². The molecule has 0 bridgehead atoms. The Balaban J connectivity index is 1.87. The van der Waals surface area contributed by atoms with Gasteiger partial charge in [-0.3, -0.25) is 0 Å². The Labute approximate surface area is 147 Å². The van der Waals surface area contributed by atoms with Crippen LogP contribution in [0, 0.1) is 5.92 Å². The van der Waals surface area contributed by atoms with Crippen molar-refractivity contribution in [3.05, 3.63) is 23.8 Å². The summed E-state index contributed by atoms with van der Waals surface area (Å²) in [5, 5.41) is 3.43. The van der Waals surface area contributed by atoms with Crippen molar-refractivity contribution in [3.63, 3.8) is 0 Å². The molecule has 1 aliphatic rings. The predicted octanol–water partition coefficient (Wildman–Crippen LogP) is 3.46. The third-order valence-electron chi connectivity index (χ3n) is 4.28. The van der Waals surface area contributed by atoms with E-state index in [1.165, 1.54) is 6.42 Å². The number of likely N-dealkylation sites (tertiary alicyclic amines) is 1. The highest BCUT2D eigenvalue weighted by Gasteiger charge is 2.29. The van der Waals surface area contributed by atoms with Gasteiger partial charge in [-0.05, 0) is 56.6 Å². The second-order valence-electron chi connectivity index (χ2n) is 6.30. The lowest BCUT2D eigenvalue weighted by Gasteiger charge is -2.16. The molecule has 1 heterocycles. The van der Waals surface area contributed by atoms with E-state index in [1.807, 2.05) is 0 Å². The lowest BCUT2D eigenvalue weighted by atomic mass is 10.1. The second kappa shape index (κ2) is 9.29. The number of rotatable bonds is 9. The van der Waals surface area contributed by atoms with Gasteiger partial charge in [0.15, 0.2) is 18.1 Å². The SMILES string of the molecule is CCOc1cc(CNCC2CCN(CC)C2)ccc1OCC(F)(F)F. The minimum Gasteiger partial charge on any atom is -0.490 e. The van der Waals surface area contributed by atoms with E-state index in [9.17, 15) is 13.2 Å². The molecule has 1 unspecified atom stereocenters. The Bertz CT molecular complexity index is 538. The molecule has 2 rings (SSSR count). The average molecular weight is 360 g/mol. The monoisotopic (exact) mass is 360 g/mol. The number of nitrogens with one attached hydrogen (secondary N) is 1. The number of alkyl halides is 3. The van der Waals surface area contributed by atoms with Crippen molar-refractivity contribution in [3.8, 4) is 11.5 Å². The molecule has 0 aliphatic carbocycles. The molecular formula is C18H27F3N2O2. The van der Waals surface area contributed by atoms with Gasteiger partial charge in [0, 0.05) is 13.1 Å². The van der Waals surface area contributed by atoms with Crippen LogP contribution in [0.3, 0.4) is 0 Å². The van der Waals surface area contributed by atoms with Crippen molar-refractivity contribution in [1.29, 1.82) is 0 Å². The third-order valence-corrected chi connectivity index (χ3v) is 4.28. The Morgan fingerprint density at radius 3 is 2.64 bits per heavy atom. The van der Waals surface area contributed by atoms with Gasteiger partial charge in [0.2, 0.25) is 0 Å². The summed E-state index contributed by atoms with van der Waals surface area (Å²) in [4.78, 5) is 2.44. The van der Waals surface area contributed by atoms with Crippen LogP contribution in [0.25, 0.3) is 0 Å². The first-order chi connectivity index (χ1) is 11.9. The van der Waals surface area contributed by atoms with Gasteiger partial charge in [-0.2, -0.15) is 13.2 Å². The van der Waals surface area contributed by atoms with Gasteiger partial charge in [0.1, 0.15) is 0 Å². The smallest absolute Gasteiger partial charge is 0.422 e. The fourth-order valence-electron chi connectivity index (χ4n) is 3.00. The zero-order valence-corrected chi connectivity index (χ0v) is 14.9. The molecule has 1 atom stereocenters. The van der Waals surface area contributed by atoms with Crippen LogP contribution < -0.4 is 14.8 Å². The van der Waals surface area contributed by atoms with E-state index in [1.54, 1.807) is 25.1 Å². The third kappa shape index (κ3) is 6.74. The van der Waals surface area contributed by atoms with Gasteiger partial charge >= 0.3 is 6.18 Å². The zero-order chi connectivity index (χ0) is 18.3. The fourth-order valence-corrected chi connectivity index (χ4v) is 3.00. The lowest BCUT2D eigenvalue weighted by Crippen LogP contribution is -2.26. The van der Waals surface area contributed by atoms with Crippen LogP contribution in [0.15, 0.2) is 18.2 Å². The molecule has 0 aromatic heterocycles. The molecule has 0 radical (unpaired) electrons. The molecular weight excluding hydrogens is 333 g/mol. The van der Waals surface area contributed by atoms with Crippen LogP contribution >= 0.6 is 0 Å². The number of hydrogen-bond acceptors (Lipinski definition) is 4. The highest BCUT2D eigenvalue weighted by atomic mass is 19.4. The summed E-state index contributed by atoms with van der Waals surface area (Å²) in [6.07, 6.45) is -3.16. The first kappa shape index (κ1) is 19.8. The quantitative estimate of drug-likeness (QED) is 0.731. The molecule has 0 amide bonds. The maximum absolute atomic E-state index is 12.3. The molecule has 0 spiro atoms. The van der Waals surface area contributed by atoms with Gasteiger partial charge in [0.25, 0.3) is 0 Å². The van der Waals surface area contributed by atoms with E-state index in [0.29, 0.717) is 24.8 Å². The van der Waals surface area contributed by atoms with Crippen LogP contribution in [-0.4, -0.2) is 50.5 Å². The Hall–Kier alpha value is -1.47. The number of benzene rings is 1. The standard InChI is InChI=1S/C18H27F3N2O2/c1-3-23-8-7-15(12-23)11-22-10-14-5-6-16(17(9-14)24-4-2)25-13-18(19,20)21/h5-6,9,15,22H,3-4,7-8,10-13H2,1-2H3. The van der Waals surface area contributed by atoms with E-state index in [-0.39, 0.29) is 5.75 Å². The van der Waals surface area contributed by atoms with Crippen LogP contribution in [0.5, 0.6) is 11.5 Å². The van der Waals surface area contributed by atoms with E-state index < -0.39 is 12.8 Å². The van der Waals surface area contributed by atoms with Crippen molar-refractivity contribution in [2.24, 2.45) is 5.92 Å². The van der Waals surface area contributed by atoms with E-state index in [4.69, 9.17) is 9.47 Å². The zero-order valence-electron chi connectivity index (χ0n) is 14.9. The highest BCUT2D eigenvalue weighted by Crippen LogP contribution is 2.30. The Kier molecular flexibility index (Phi) is 7.38. The summed E-state index contributed by atoms with van der Waals surface area (Å²) in [5.74, 6) is 1.13. The summed E-state index contributed by atoms with van der Waals surface area (Å²) in [6, 6.07) is 5.06. The van der Waals surface area contributed by atoms with E-state index in [2.05, 4.69) is 17.1 Å². The molecule has 0 saturated carbocycles. The molecule has 1 saturated heterocycles. The average Bonchev–Trinajstić information content (AvgIpc) is 3.01. The molecule has 4 nitrogen and oxygen atoms in total. The summed E-state index contributed by atoms with van der Waals surface area (Å²) < 4.78 is 47.2. The lowest BCUT2D eigenvalue weighted by molar-refractivity contribution is -0.153. The number of ether oxygens (including phenoxy) is 2. The molecule has 1 aromatic rings. The van der Waals surface area contributed by atoms with Crippen LogP contribution in [0.1, 0.15) is 25.8 Å². The summed E-state index contributed by atoms with van der Waals surface area (Å²) >= 11 is 0. The van der Waals surface area contributed by atoms with Gasteiger partial charge in [-0.1, -0.05) is 13.0 Å². The Morgan fingerprint density at radius 1 is 1.20 bits per heavy atom. The maximum Gasteiger partial charge on any atom is 0.422 e. The number of nitrogens with zero attached hydrogens (tertiary/aromatic N) is 1. The molecule has 142 valence electrons. The van der Waals surface area contributed by atoms with Crippen LogP contribution in [0.2, 0.25) is 0 Å². The first-order valence-corrected chi connectivity index (χ1v) is 8.79. The minimum absolute atomic E-state index is 0.123. The molecule has 25 heavy (non-hydrogen) atoms.